The van der Waals surface area contributed by atoms with Crippen molar-refractivity contribution in [1.29, 1.82) is 0 Å². The Morgan fingerprint density at radius 3 is 2.87 bits per heavy atom. The van der Waals surface area contributed by atoms with Gasteiger partial charge in [-0.15, -0.1) is 11.3 Å². The van der Waals surface area contributed by atoms with Crippen LogP contribution in [-0.4, -0.2) is 15.9 Å². The van der Waals surface area contributed by atoms with Gasteiger partial charge < -0.3 is 11.1 Å². The molecule has 0 saturated heterocycles. The largest absolute Gasteiger partial charge is 0.397 e. The zero-order valence-corrected chi connectivity index (χ0v) is 14.9. The summed E-state index contributed by atoms with van der Waals surface area (Å²) in [4.78, 5) is 22.4. The number of pyridine rings is 2. The molecule has 0 spiro atoms. The van der Waals surface area contributed by atoms with E-state index in [4.69, 9.17) is 5.73 Å². The Hall–Kier alpha value is -1.99. The number of fused-ring (bicyclic) bond motifs is 1. The van der Waals surface area contributed by atoms with Crippen molar-refractivity contribution in [1.82, 2.24) is 9.97 Å². The highest BCUT2D eigenvalue weighted by Gasteiger charge is 2.18. The van der Waals surface area contributed by atoms with E-state index in [9.17, 15) is 4.79 Å². The molecule has 118 valence electrons. The van der Waals surface area contributed by atoms with Crippen molar-refractivity contribution in [2.75, 3.05) is 11.1 Å². The summed E-state index contributed by atoms with van der Waals surface area (Å²) in [7, 11) is 0. The number of amides is 1. The number of anilines is 2. The van der Waals surface area contributed by atoms with E-state index in [2.05, 4.69) is 38.1 Å². The fourth-order valence-electron chi connectivity index (χ4n) is 2.22. The van der Waals surface area contributed by atoms with Gasteiger partial charge in [0.15, 0.2) is 0 Å². The average molecular weight is 391 g/mol. The van der Waals surface area contributed by atoms with Gasteiger partial charge in [-0.25, -0.2) is 9.97 Å². The Labute approximate surface area is 146 Å². The van der Waals surface area contributed by atoms with E-state index in [1.54, 1.807) is 12.3 Å². The number of nitrogens with zero attached hydrogens (tertiary/aromatic N) is 2. The summed E-state index contributed by atoms with van der Waals surface area (Å²) in [6, 6.07) is 7.44. The standard InChI is InChI=1S/C16H15BrN4OS/c1-2-3-10-5-6-11-13(18)14(23-16(11)20-10)15(22)21-12-7-4-9(17)8-19-12/h4-8H,2-3,18H2,1H3,(H,19,21,22). The number of nitrogen functional groups attached to an aromatic ring is 1. The molecule has 3 aromatic heterocycles. The zero-order valence-electron chi connectivity index (χ0n) is 12.5. The van der Waals surface area contributed by atoms with Crippen LogP contribution in [0, 0.1) is 0 Å². The van der Waals surface area contributed by atoms with Gasteiger partial charge >= 0.3 is 0 Å². The lowest BCUT2D eigenvalue weighted by Crippen LogP contribution is -2.12. The molecule has 0 saturated carbocycles. The Morgan fingerprint density at radius 2 is 2.17 bits per heavy atom. The van der Waals surface area contributed by atoms with Crippen LogP contribution in [0.1, 0.15) is 28.7 Å². The monoisotopic (exact) mass is 390 g/mol. The Bertz CT molecular complexity index is 860. The molecular weight excluding hydrogens is 376 g/mol. The number of aromatic nitrogens is 2. The maximum absolute atomic E-state index is 12.4. The predicted molar refractivity (Wildman–Crippen MR) is 97.9 cm³/mol. The van der Waals surface area contributed by atoms with Crippen LogP contribution < -0.4 is 11.1 Å². The molecule has 3 heterocycles. The highest BCUT2D eigenvalue weighted by molar-refractivity contribution is 9.10. The van der Waals surface area contributed by atoms with Crippen molar-refractivity contribution in [3.63, 3.8) is 0 Å². The molecule has 5 nitrogen and oxygen atoms in total. The summed E-state index contributed by atoms with van der Waals surface area (Å²) in [5, 5.41) is 3.58. The van der Waals surface area contributed by atoms with E-state index in [0.717, 1.165) is 33.2 Å². The van der Waals surface area contributed by atoms with E-state index in [1.807, 2.05) is 18.2 Å². The first-order valence-corrected chi connectivity index (χ1v) is 8.80. The molecule has 0 bridgehead atoms. The van der Waals surface area contributed by atoms with Crippen LogP contribution in [0.2, 0.25) is 0 Å². The molecule has 1 amide bonds. The van der Waals surface area contributed by atoms with Gasteiger partial charge in [0.2, 0.25) is 0 Å². The van der Waals surface area contributed by atoms with E-state index in [0.29, 0.717) is 16.4 Å². The zero-order chi connectivity index (χ0) is 16.4. The van der Waals surface area contributed by atoms with E-state index < -0.39 is 0 Å². The minimum Gasteiger partial charge on any atom is -0.397 e. The van der Waals surface area contributed by atoms with E-state index >= 15 is 0 Å². The predicted octanol–water partition coefficient (Wildman–Crippen LogP) is 4.24. The first kappa shape index (κ1) is 15.9. The first-order valence-electron chi connectivity index (χ1n) is 7.19. The number of nitrogens with one attached hydrogen (secondary N) is 1. The normalized spacial score (nSPS) is 10.9. The van der Waals surface area contributed by atoms with Crippen LogP contribution in [-0.2, 0) is 6.42 Å². The molecule has 0 aliphatic heterocycles. The van der Waals surface area contributed by atoms with Gasteiger partial charge in [-0.2, -0.15) is 0 Å². The van der Waals surface area contributed by atoms with Crippen LogP contribution in [0.3, 0.4) is 0 Å². The fraction of sp³-hybridized carbons (Fsp3) is 0.188. The highest BCUT2D eigenvalue weighted by atomic mass is 79.9. The van der Waals surface area contributed by atoms with Crippen molar-refractivity contribution in [3.8, 4) is 0 Å². The van der Waals surface area contributed by atoms with Gasteiger partial charge in [-0.1, -0.05) is 13.3 Å². The molecule has 0 aliphatic rings. The number of rotatable bonds is 4. The van der Waals surface area contributed by atoms with Crippen molar-refractivity contribution in [2.45, 2.75) is 19.8 Å². The highest BCUT2D eigenvalue weighted by Crippen LogP contribution is 2.33. The van der Waals surface area contributed by atoms with Gasteiger partial charge in [-0.3, -0.25) is 4.79 Å². The number of hydrogen-bond donors (Lipinski definition) is 2. The second-order valence-corrected chi connectivity index (χ2v) is 6.98. The maximum atomic E-state index is 12.4. The summed E-state index contributed by atoms with van der Waals surface area (Å²) < 4.78 is 0.851. The lowest BCUT2D eigenvalue weighted by Gasteiger charge is -2.03. The summed E-state index contributed by atoms with van der Waals surface area (Å²) in [6.45, 7) is 2.11. The molecule has 0 unspecified atom stereocenters. The third-order valence-corrected chi connectivity index (χ3v) is 4.92. The summed E-state index contributed by atoms with van der Waals surface area (Å²) in [6.07, 6.45) is 3.57. The van der Waals surface area contributed by atoms with Gasteiger partial charge in [0.05, 0.1) is 5.69 Å². The van der Waals surface area contributed by atoms with Crippen LogP contribution in [0.4, 0.5) is 11.5 Å². The molecule has 0 radical (unpaired) electrons. The molecule has 7 heteroatoms. The van der Waals surface area contributed by atoms with Crippen molar-refractivity contribution in [2.24, 2.45) is 0 Å². The number of nitrogens with two attached hydrogens (primary N) is 1. The average Bonchev–Trinajstić information content (AvgIpc) is 2.87. The minimum absolute atomic E-state index is 0.266. The summed E-state index contributed by atoms with van der Waals surface area (Å²) >= 11 is 4.62. The van der Waals surface area contributed by atoms with Gasteiger partial charge in [0, 0.05) is 21.7 Å². The molecule has 3 aromatic rings. The van der Waals surface area contributed by atoms with Crippen molar-refractivity contribution < 1.29 is 4.79 Å². The van der Waals surface area contributed by atoms with Gasteiger partial charge in [0.25, 0.3) is 5.91 Å². The summed E-state index contributed by atoms with van der Waals surface area (Å²) in [5.74, 6) is 0.215. The second kappa shape index (κ2) is 6.64. The second-order valence-electron chi connectivity index (χ2n) is 5.07. The number of hydrogen-bond acceptors (Lipinski definition) is 5. The molecule has 0 atom stereocenters. The molecule has 0 aliphatic carbocycles. The third kappa shape index (κ3) is 3.35. The van der Waals surface area contributed by atoms with Gasteiger partial charge in [-0.05, 0) is 46.6 Å². The van der Waals surface area contributed by atoms with Crippen LogP contribution in [0.15, 0.2) is 34.9 Å². The van der Waals surface area contributed by atoms with Crippen molar-refractivity contribution >= 4 is 54.9 Å². The van der Waals surface area contributed by atoms with Crippen LogP contribution in [0.5, 0.6) is 0 Å². The molecule has 3 N–H and O–H groups in total. The Kier molecular flexibility index (Phi) is 4.58. The molecule has 0 aromatic carbocycles. The molecule has 23 heavy (non-hydrogen) atoms. The number of carbonyl (C=O) groups is 1. The smallest absolute Gasteiger partial charge is 0.269 e. The third-order valence-electron chi connectivity index (χ3n) is 3.33. The van der Waals surface area contributed by atoms with Crippen LogP contribution in [0.25, 0.3) is 10.2 Å². The fourth-order valence-corrected chi connectivity index (χ4v) is 3.46. The molecular formula is C16H15BrN4OS. The minimum atomic E-state index is -0.266. The lowest BCUT2D eigenvalue weighted by atomic mass is 10.2. The van der Waals surface area contributed by atoms with E-state index in [-0.39, 0.29) is 5.91 Å². The number of aryl methyl sites for hydroxylation is 1. The number of thiophene rings is 1. The summed E-state index contributed by atoms with van der Waals surface area (Å²) in [5.41, 5.74) is 7.61. The quantitative estimate of drug-likeness (QED) is 0.697. The molecule has 0 fully saturated rings. The van der Waals surface area contributed by atoms with Crippen LogP contribution >= 0.6 is 27.3 Å². The number of carbonyl (C=O) groups excluding carboxylic acids is 1. The van der Waals surface area contributed by atoms with Gasteiger partial charge in [0.1, 0.15) is 15.5 Å². The number of halogens is 1. The van der Waals surface area contributed by atoms with Crippen molar-refractivity contribution in [3.05, 3.63) is 45.5 Å². The molecule has 3 rings (SSSR count). The first-order chi connectivity index (χ1) is 11.1. The van der Waals surface area contributed by atoms with E-state index in [1.165, 1.54) is 11.3 Å². The SMILES string of the molecule is CCCc1ccc2c(N)c(C(=O)Nc3ccc(Br)cn3)sc2n1. The Morgan fingerprint density at radius 1 is 1.35 bits per heavy atom. The maximum Gasteiger partial charge on any atom is 0.269 e. The topological polar surface area (TPSA) is 80.9 Å². The lowest BCUT2D eigenvalue weighted by molar-refractivity contribution is 0.103. The Balaban J connectivity index is 1.90.